The zero-order chi connectivity index (χ0) is 28.7. The van der Waals surface area contributed by atoms with Gasteiger partial charge in [0.05, 0.1) is 36.6 Å². The Balaban J connectivity index is 1.83. The summed E-state index contributed by atoms with van der Waals surface area (Å²) in [4.78, 5) is 28.5. The fourth-order valence-corrected chi connectivity index (χ4v) is 5.39. The molecular formula is C27H28F6N2O4. The standard InChI is InChI=1S/C27H28F6N2O4/c1-4-39-25(37)35-15(2)8-22(21-11-17-6-5-7-18(17)12-23(21)35)34(24(36)38-3)14-16-9-19(26(28,29)30)13-20(10-16)27(31,32)33/h9-13,15,22H,4-8,14H2,1-3H3/t15-,22+/m0/s1. The van der Waals surface area contributed by atoms with Crippen molar-refractivity contribution in [1.82, 2.24) is 4.90 Å². The molecule has 0 aromatic heterocycles. The van der Waals surface area contributed by atoms with Gasteiger partial charge in [0.25, 0.3) is 0 Å². The average Bonchev–Trinajstić information content (AvgIpc) is 3.31. The van der Waals surface area contributed by atoms with Gasteiger partial charge in [0.1, 0.15) is 0 Å². The molecule has 6 nitrogen and oxygen atoms in total. The van der Waals surface area contributed by atoms with Gasteiger partial charge in [-0.1, -0.05) is 6.07 Å². The molecule has 0 spiro atoms. The molecule has 1 aliphatic carbocycles. The van der Waals surface area contributed by atoms with E-state index in [4.69, 9.17) is 9.47 Å². The second kappa shape index (κ2) is 10.6. The highest BCUT2D eigenvalue weighted by molar-refractivity contribution is 5.91. The Labute approximate surface area is 221 Å². The number of methoxy groups -OCH3 is 1. The first-order chi connectivity index (χ1) is 18.2. The molecule has 0 unspecified atom stereocenters. The number of anilines is 1. The normalized spacial score (nSPS) is 18.8. The van der Waals surface area contributed by atoms with Crippen LogP contribution >= 0.6 is 0 Å². The molecule has 0 N–H and O–H groups in total. The minimum atomic E-state index is -5.03. The summed E-state index contributed by atoms with van der Waals surface area (Å²) in [6, 6.07) is 3.69. The lowest BCUT2D eigenvalue weighted by molar-refractivity contribution is -0.143. The maximum absolute atomic E-state index is 13.5. The van der Waals surface area contributed by atoms with Gasteiger partial charge in [0, 0.05) is 12.6 Å². The maximum atomic E-state index is 13.5. The van der Waals surface area contributed by atoms with Gasteiger partial charge in [-0.15, -0.1) is 0 Å². The van der Waals surface area contributed by atoms with E-state index in [0.717, 1.165) is 42.4 Å². The Morgan fingerprint density at radius 3 is 2.10 bits per heavy atom. The van der Waals surface area contributed by atoms with Gasteiger partial charge < -0.3 is 9.47 Å². The number of aryl methyl sites for hydroxylation is 2. The number of alkyl halides is 6. The number of hydrogen-bond donors (Lipinski definition) is 0. The molecule has 212 valence electrons. The lowest BCUT2D eigenvalue weighted by atomic mass is 9.88. The highest BCUT2D eigenvalue weighted by atomic mass is 19.4. The van der Waals surface area contributed by atoms with Crippen molar-refractivity contribution in [3.8, 4) is 0 Å². The zero-order valence-corrected chi connectivity index (χ0v) is 21.6. The Kier molecular flexibility index (Phi) is 7.77. The lowest BCUT2D eigenvalue weighted by Crippen LogP contribution is -2.47. The Morgan fingerprint density at radius 1 is 0.974 bits per heavy atom. The fraction of sp³-hybridized carbons (Fsp3) is 0.481. The number of fused-ring (bicyclic) bond motifs is 2. The summed E-state index contributed by atoms with van der Waals surface area (Å²) in [5.74, 6) is 0. The van der Waals surface area contributed by atoms with E-state index in [1.54, 1.807) is 13.8 Å². The molecular weight excluding hydrogens is 530 g/mol. The van der Waals surface area contributed by atoms with Crippen molar-refractivity contribution in [3.05, 3.63) is 63.7 Å². The van der Waals surface area contributed by atoms with Crippen LogP contribution in [0.2, 0.25) is 0 Å². The molecule has 0 saturated heterocycles. The second-order valence-corrected chi connectivity index (χ2v) is 9.71. The van der Waals surface area contributed by atoms with Crippen molar-refractivity contribution in [2.75, 3.05) is 18.6 Å². The third-order valence-electron chi connectivity index (χ3n) is 7.12. The van der Waals surface area contributed by atoms with Gasteiger partial charge in [0.15, 0.2) is 0 Å². The van der Waals surface area contributed by atoms with E-state index in [9.17, 15) is 35.9 Å². The Morgan fingerprint density at radius 2 is 1.56 bits per heavy atom. The van der Waals surface area contributed by atoms with Gasteiger partial charge in [-0.3, -0.25) is 9.80 Å². The SMILES string of the molecule is CCOC(=O)N1c2cc3c(cc2[C@H](N(Cc2cc(C(F)(F)F)cc(C(F)(F)F)c2)C(=O)OC)C[C@@H]1C)CCC3. The summed E-state index contributed by atoms with van der Waals surface area (Å²) in [7, 11) is 1.09. The quantitative estimate of drug-likeness (QED) is 0.370. The lowest BCUT2D eigenvalue weighted by Gasteiger charge is -2.43. The minimum Gasteiger partial charge on any atom is -0.453 e. The molecule has 39 heavy (non-hydrogen) atoms. The van der Waals surface area contributed by atoms with E-state index in [1.807, 2.05) is 12.1 Å². The number of amides is 2. The number of carbonyl (C=O) groups excluding carboxylic acids is 2. The number of rotatable bonds is 4. The number of halogens is 6. The summed E-state index contributed by atoms with van der Waals surface area (Å²) >= 11 is 0. The topological polar surface area (TPSA) is 59.1 Å². The van der Waals surface area contributed by atoms with Crippen LogP contribution in [0.25, 0.3) is 0 Å². The van der Waals surface area contributed by atoms with Crippen LogP contribution in [0, 0.1) is 0 Å². The van der Waals surface area contributed by atoms with Crippen molar-refractivity contribution in [2.45, 2.75) is 70.5 Å². The number of nitrogens with zero attached hydrogens (tertiary/aromatic N) is 2. The van der Waals surface area contributed by atoms with E-state index < -0.39 is 54.3 Å². The molecule has 1 heterocycles. The molecule has 0 fully saturated rings. The van der Waals surface area contributed by atoms with Crippen molar-refractivity contribution in [3.63, 3.8) is 0 Å². The van der Waals surface area contributed by atoms with Crippen LogP contribution in [-0.2, 0) is 41.2 Å². The first-order valence-electron chi connectivity index (χ1n) is 12.5. The highest BCUT2D eigenvalue weighted by Crippen LogP contribution is 2.45. The Bertz CT molecular complexity index is 1230. The summed E-state index contributed by atoms with van der Waals surface area (Å²) in [5.41, 5.74) is -0.206. The van der Waals surface area contributed by atoms with Crippen LogP contribution in [0.15, 0.2) is 30.3 Å². The van der Waals surface area contributed by atoms with Gasteiger partial charge in [-0.25, -0.2) is 9.59 Å². The van der Waals surface area contributed by atoms with Crippen LogP contribution in [0.5, 0.6) is 0 Å². The van der Waals surface area contributed by atoms with Crippen molar-refractivity contribution < 1.29 is 45.4 Å². The summed E-state index contributed by atoms with van der Waals surface area (Å²) in [6.07, 6.45) is -8.95. The van der Waals surface area contributed by atoms with Crippen LogP contribution < -0.4 is 4.90 Å². The van der Waals surface area contributed by atoms with Crippen LogP contribution in [0.4, 0.5) is 41.6 Å². The zero-order valence-electron chi connectivity index (χ0n) is 21.6. The largest absolute Gasteiger partial charge is 0.453 e. The Hall–Kier alpha value is -3.44. The third-order valence-corrected chi connectivity index (χ3v) is 7.12. The van der Waals surface area contributed by atoms with E-state index >= 15 is 0 Å². The molecule has 2 atom stereocenters. The van der Waals surface area contributed by atoms with E-state index in [1.165, 1.54) is 4.90 Å². The smallest absolute Gasteiger partial charge is 0.416 e. The van der Waals surface area contributed by atoms with Crippen LogP contribution in [0.1, 0.15) is 66.1 Å². The number of ether oxygens (including phenoxy) is 2. The summed E-state index contributed by atoms with van der Waals surface area (Å²) in [6.45, 7) is 2.97. The molecule has 12 heteroatoms. The first kappa shape index (κ1) is 28.6. The van der Waals surface area contributed by atoms with Crippen molar-refractivity contribution in [2.24, 2.45) is 0 Å². The predicted octanol–water partition coefficient (Wildman–Crippen LogP) is 7.28. The van der Waals surface area contributed by atoms with E-state index in [0.29, 0.717) is 23.4 Å². The molecule has 0 radical (unpaired) electrons. The number of benzene rings is 2. The third kappa shape index (κ3) is 5.79. The van der Waals surface area contributed by atoms with E-state index in [2.05, 4.69) is 0 Å². The number of carbonyl (C=O) groups is 2. The minimum absolute atomic E-state index is 0.0461. The first-order valence-corrected chi connectivity index (χ1v) is 12.5. The monoisotopic (exact) mass is 558 g/mol. The van der Waals surface area contributed by atoms with Crippen molar-refractivity contribution >= 4 is 17.9 Å². The van der Waals surface area contributed by atoms with Gasteiger partial charge in [-0.05, 0) is 86.1 Å². The second-order valence-electron chi connectivity index (χ2n) is 9.71. The van der Waals surface area contributed by atoms with Gasteiger partial charge in [-0.2, -0.15) is 26.3 Å². The molecule has 1 aliphatic heterocycles. The summed E-state index contributed by atoms with van der Waals surface area (Å²) < 4.78 is 91.1. The molecule has 2 amide bonds. The molecule has 2 aliphatic rings. The van der Waals surface area contributed by atoms with Gasteiger partial charge in [0.2, 0.25) is 0 Å². The fourth-order valence-electron chi connectivity index (χ4n) is 5.39. The molecule has 0 saturated carbocycles. The van der Waals surface area contributed by atoms with Crippen molar-refractivity contribution in [1.29, 1.82) is 0 Å². The van der Waals surface area contributed by atoms with Crippen LogP contribution in [-0.4, -0.2) is 36.8 Å². The van der Waals surface area contributed by atoms with Gasteiger partial charge >= 0.3 is 24.5 Å². The molecule has 4 rings (SSSR count). The predicted molar refractivity (Wildman–Crippen MR) is 129 cm³/mol. The highest BCUT2D eigenvalue weighted by Gasteiger charge is 2.41. The molecule has 2 aromatic rings. The van der Waals surface area contributed by atoms with Crippen LogP contribution in [0.3, 0.4) is 0 Å². The average molecular weight is 559 g/mol. The molecule has 2 aromatic carbocycles. The maximum Gasteiger partial charge on any atom is 0.416 e. The summed E-state index contributed by atoms with van der Waals surface area (Å²) in [5, 5.41) is 0. The van der Waals surface area contributed by atoms with E-state index in [-0.39, 0.29) is 24.7 Å². The number of hydrogen-bond acceptors (Lipinski definition) is 4. The molecule has 0 bridgehead atoms.